The number of thiophene rings is 1. The molecule has 0 aliphatic rings. The van der Waals surface area contributed by atoms with Crippen molar-refractivity contribution in [1.29, 1.82) is 0 Å². The van der Waals surface area contributed by atoms with Crippen molar-refractivity contribution in [2.24, 2.45) is 5.92 Å². The summed E-state index contributed by atoms with van der Waals surface area (Å²) in [6, 6.07) is 15.8. The molecule has 2 aromatic heterocycles. The van der Waals surface area contributed by atoms with Gasteiger partial charge in [0.15, 0.2) is 11.5 Å². The number of benzene rings is 2. The maximum Gasteiger partial charge on any atom is 0.247 e. The second-order valence-corrected chi connectivity index (χ2v) is 10.4. The minimum atomic E-state index is -0.897. The third-order valence-electron chi connectivity index (χ3n) is 6.24. The van der Waals surface area contributed by atoms with Gasteiger partial charge in [-0.05, 0) is 53.6 Å². The molecule has 0 fully saturated rings. The Labute approximate surface area is 226 Å². The van der Waals surface area contributed by atoms with Crippen LogP contribution < -0.4 is 14.8 Å². The zero-order valence-electron chi connectivity index (χ0n) is 22.1. The van der Waals surface area contributed by atoms with Crippen molar-refractivity contribution in [3.63, 3.8) is 0 Å². The van der Waals surface area contributed by atoms with Crippen LogP contribution in [0.4, 0.5) is 0 Å². The van der Waals surface area contributed by atoms with E-state index in [4.69, 9.17) is 9.47 Å². The molecule has 2 aromatic carbocycles. The molecule has 10 heteroatoms. The van der Waals surface area contributed by atoms with Crippen LogP contribution in [0, 0.1) is 5.92 Å². The summed E-state index contributed by atoms with van der Waals surface area (Å²) in [5, 5.41) is 13.4. The second-order valence-electron chi connectivity index (χ2n) is 9.33. The van der Waals surface area contributed by atoms with Crippen LogP contribution in [0.15, 0.2) is 60.0 Å². The lowest BCUT2D eigenvalue weighted by Crippen LogP contribution is -2.44. The Bertz CT molecular complexity index is 1370. The van der Waals surface area contributed by atoms with E-state index in [1.54, 1.807) is 42.0 Å². The SMILES string of the molecule is COc1ccc(C(C(=O)NCCC(C)C)N(Cc2cccs2)C(=O)Cn2nnc3ccccc32)cc1OC. The summed E-state index contributed by atoms with van der Waals surface area (Å²) in [4.78, 5) is 30.3. The van der Waals surface area contributed by atoms with Gasteiger partial charge in [-0.1, -0.05) is 43.3 Å². The van der Waals surface area contributed by atoms with Crippen LogP contribution in [-0.2, 0) is 22.7 Å². The molecule has 9 nitrogen and oxygen atoms in total. The number of rotatable bonds is 12. The summed E-state index contributed by atoms with van der Waals surface area (Å²) in [6.45, 7) is 4.92. The van der Waals surface area contributed by atoms with Crippen molar-refractivity contribution in [3.05, 3.63) is 70.4 Å². The molecular formula is C28H33N5O4S. The molecule has 1 atom stereocenters. The Morgan fingerprint density at radius 1 is 1.05 bits per heavy atom. The highest BCUT2D eigenvalue weighted by Gasteiger charge is 2.33. The summed E-state index contributed by atoms with van der Waals surface area (Å²) in [7, 11) is 3.10. The number of nitrogens with one attached hydrogen (secondary N) is 1. The summed E-state index contributed by atoms with van der Waals surface area (Å²) in [5.41, 5.74) is 2.08. The number of amides is 2. The fraction of sp³-hybridized carbons (Fsp3) is 0.357. The number of carbonyl (C=O) groups excluding carboxylic acids is 2. The number of hydrogen-bond donors (Lipinski definition) is 1. The molecule has 1 N–H and O–H groups in total. The van der Waals surface area contributed by atoms with Gasteiger partial charge < -0.3 is 19.7 Å². The third-order valence-corrected chi connectivity index (χ3v) is 7.10. The number of methoxy groups -OCH3 is 2. The van der Waals surface area contributed by atoms with Crippen molar-refractivity contribution in [2.45, 2.75) is 39.4 Å². The highest BCUT2D eigenvalue weighted by molar-refractivity contribution is 7.09. The fourth-order valence-electron chi connectivity index (χ4n) is 4.22. The molecule has 4 aromatic rings. The molecule has 200 valence electrons. The van der Waals surface area contributed by atoms with Crippen LogP contribution in [0.3, 0.4) is 0 Å². The molecule has 0 spiro atoms. The minimum absolute atomic E-state index is 0.0606. The normalized spacial score (nSPS) is 11.9. The molecule has 4 rings (SSSR count). The van der Waals surface area contributed by atoms with Crippen LogP contribution in [0.5, 0.6) is 11.5 Å². The predicted octanol–water partition coefficient (Wildman–Crippen LogP) is 4.44. The van der Waals surface area contributed by atoms with Gasteiger partial charge >= 0.3 is 0 Å². The predicted molar refractivity (Wildman–Crippen MR) is 147 cm³/mol. The number of aromatic nitrogens is 3. The van der Waals surface area contributed by atoms with Crippen molar-refractivity contribution in [2.75, 3.05) is 20.8 Å². The zero-order chi connectivity index (χ0) is 27.1. The first-order valence-electron chi connectivity index (χ1n) is 12.5. The maximum atomic E-state index is 14.0. The van der Waals surface area contributed by atoms with E-state index in [0.717, 1.165) is 16.8 Å². The van der Waals surface area contributed by atoms with Gasteiger partial charge in [0.2, 0.25) is 11.8 Å². The van der Waals surface area contributed by atoms with Gasteiger partial charge in [0.1, 0.15) is 18.1 Å². The van der Waals surface area contributed by atoms with Gasteiger partial charge in [-0.25, -0.2) is 4.68 Å². The molecule has 38 heavy (non-hydrogen) atoms. The van der Waals surface area contributed by atoms with Crippen molar-refractivity contribution in [1.82, 2.24) is 25.2 Å². The minimum Gasteiger partial charge on any atom is -0.493 e. The molecule has 0 radical (unpaired) electrons. The van der Waals surface area contributed by atoms with Gasteiger partial charge in [0.05, 0.1) is 26.3 Å². The Balaban J connectivity index is 1.74. The molecule has 2 amide bonds. The number of nitrogens with zero attached hydrogens (tertiary/aromatic N) is 4. The van der Waals surface area contributed by atoms with E-state index < -0.39 is 6.04 Å². The lowest BCUT2D eigenvalue weighted by atomic mass is 10.0. The standard InChI is InChI=1S/C28H33N5O4S/c1-19(2)13-14-29-28(35)27(20-11-12-24(36-3)25(16-20)37-4)32(17-21-8-7-15-38-21)26(34)18-33-23-10-6-5-9-22(23)30-31-33/h5-12,15-16,19,27H,13-14,17-18H2,1-4H3,(H,29,35). The number of ether oxygens (including phenoxy) is 2. The highest BCUT2D eigenvalue weighted by Crippen LogP contribution is 2.33. The van der Waals surface area contributed by atoms with E-state index in [-0.39, 0.29) is 24.9 Å². The maximum absolute atomic E-state index is 14.0. The van der Waals surface area contributed by atoms with Gasteiger partial charge in [0.25, 0.3) is 0 Å². The number of fused-ring (bicyclic) bond motifs is 1. The molecule has 0 saturated carbocycles. The average molecular weight is 536 g/mol. The van der Waals surface area contributed by atoms with Gasteiger partial charge in [-0.2, -0.15) is 0 Å². The lowest BCUT2D eigenvalue weighted by Gasteiger charge is -2.31. The van der Waals surface area contributed by atoms with Crippen molar-refractivity contribution >= 4 is 34.2 Å². The highest BCUT2D eigenvalue weighted by atomic mass is 32.1. The average Bonchev–Trinajstić information content (AvgIpc) is 3.58. The van der Waals surface area contributed by atoms with Gasteiger partial charge in [-0.3, -0.25) is 9.59 Å². The summed E-state index contributed by atoms with van der Waals surface area (Å²) in [5.74, 6) is 0.939. The van der Waals surface area contributed by atoms with E-state index in [9.17, 15) is 9.59 Å². The Morgan fingerprint density at radius 2 is 1.84 bits per heavy atom. The quantitative estimate of drug-likeness (QED) is 0.288. The number of hydrogen-bond acceptors (Lipinski definition) is 7. The Morgan fingerprint density at radius 3 is 2.55 bits per heavy atom. The molecule has 0 saturated heterocycles. The zero-order valence-corrected chi connectivity index (χ0v) is 22.9. The van der Waals surface area contributed by atoms with E-state index in [2.05, 4.69) is 29.5 Å². The summed E-state index contributed by atoms with van der Waals surface area (Å²) < 4.78 is 12.5. The smallest absolute Gasteiger partial charge is 0.247 e. The van der Waals surface area contributed by atoms with Gasteiger partial charge in [-0.15, -0.1) is 16.4 Å². The largest absolute Gasteiger partial charge is 0.493 e. The monoisotopic (exact) mass is 535 g/mol. The first kappa shape index (κ1) is 27.1. The number of carbonyl (C=O) groups is 2. The Kier molecular flexibility index (Phi) is 8.96. The first-order valence-corrected chi connectivity index (χ1v) is 13.4. The number of para-hydroxylation sites is 1. The van der Waals surface area contributed by atoms with E-state index >= 15 is 0 Å². The van der Waals surface area contributed by atoms with Crippen molar-refractivity contribution < 1.29 is 19.1 Å². The molecule has 0 aliphatic carbocycles. The van der Waals surface area contributed by atoms with Crippen LogP contribution >= 0.6 is 11.3 Å². The van der Waals surface area contributed by atoms with E-state index in [1.165, 1.54) is 11.3 Å². The van der Waals surface area contributed by atoms with Crippen LogP contribution in [-0.4, -0.2) is 52.5 Å². The fourth-order valence-corrected chi connectivity index (χ4v) is 4.93. The Hall–Kier alpha value is -3.92. The molecule has 0 bridgehead atoms. The van der Waals surface area contributed by atoms with E-state index in [1.807, 2.05) is 41.8 Å². The first-order chi connectivity index (χ1) is 18.4. The van der Waals surface area contributed by atoms with Crippen LogP contribution in [0.1, 0.15) is 36.8 Å². The third kappa shape index (κ3) is 6.31. The van der Waals surface area contributed by atoms with Crippen molar-refractivity contribution in [3.8, 4) is 11.5 Å². The van der Waals surface area contributed by atoms with Crippen LogP contribution in [0.25, 0.3) is 11.0 Å². The van der Waals surface area contributed by atoms with Gasteiger partial charge in [0, 0.05) is 11.4 Å². The van der Waals surface area contributed by atoms with Crippen LogP contribution in [0.2, 0.25) is 0 Å². The lowest BCUT2D eigenvalue weighted by molar-refractivity contribution is -0.142. The summed E-state index contributed by atoms with van der Waals surface area (Å²) in [6.07, 6.45) is 0.828. The summed E-state index contributed by atoms with van der Waals surface area (Å²) >= 11 is 1.53. The molecular weight excluding hydrogens is 502 g/mol. The molecule has 0 aliphatic heterocycles. The van der Waals surface area contributed by atoms with E-state index in [0.29, 0.717) is 35.0 Å². The topological polar surface area (TPSA) is 98.6 Å². The molecule has 1 unspecified atom stereocenters. The second kappa shape index (κ2) is 12.6. The molecule has 2 heterocycles.